The molecule has 0 saturated heterocycles. The van der Waals surface area contributed by atoms with E-state index < -0.39 is 10.8 Å². The van der Waals surface area contributed by atoms with E-state index in [2.05, 4.69) is 15.6 Å². The maximum atomic E-state index is 12.5. The van der Waals surface area contributed by atoms with Gasteiger partial charge in [-0.25, -0.2) is 4.98 Å². The summed E-state index contributed by atoms with van der Waals surface area (Å²) in [7, 11) is 1.55. The first-order valence-electron chi connectivity index (χ1n) is 8.42. The number of methoxy groups -OCH3 is 1. The van der Waals surface area contributed by atoms with Crippen LogP contribution < -0.4 is 10.6 Å². The van der Waals surface area contributed by atoms with Crippen molar-refractivity contribution in [2.75, 3.05) is 30.9 Å². The van der Waals surface area contributed by atoms with Gasteiger partial charge in [0.1, 0.15) is 5.69 Å². The number of aromatic nitrogens is 1. The van der Waals surface area contributed by atoms with Gasteiger partial charge in [-0.1, -0.05) is 30.3 Å². The minimum atomic E-state index is -0.525. The highest BCUT2D eigenvalue weighted by Gasteiger charge is 2.18. The second-order valence-corrected chi connectivity index (χ2v) is 6.62. The molecule has 28 heavy (non-hydrogen) atoms. The molecule has 0 spiro atoms. The number of carbonyl (C=O) groups excluding carboxylic acids is 1. The zero-order chi connectivity index (χ0) is 19.9. The number of amides is 1. The predicted octanol–water partition coefficient (Wildman–Crippen LogP) is 4.03. The number of hydrogen-bond donors (Lipinski definition) is 2. The van der Waals surface area contributed by atoms with Crippen molar-refractivity contribution in [2.24, 2.45) is 0 Å². The number of benzene rings is 2. The molecule has 0 aliphatic carbocycles. The van der Waals surface area contributed by atoms with Gasteiger partial charge in [-0.3, -0.25) is 20.2 Å². The summed E-state index contributed by atoms with van der Waals surface area (Å²) in [6.07, 6.45) is 0. The molecule has 3 aromatic rings. The zero-order valence-corrected chi connectivity index (χ0v) is 15.9. The van der Waals surface area contributed by atoms with Gasteiger partial charge in [0, 0.05) is 36.2 Å². The van der Waals surface area contributed by atoms with Crippen LogP contribution in [0.25, 0.3) is 11.3 Å². The van der Waals surface area contributed by atoms with Gasteiger partial charge in [0.25, 0.3) is 11.6 Å². The molecule has 1 amide bonds. The standard InChI is InChI=1S/C19H18N4O4S/c1-27-10-9-20-15-8-7-14(11-17(15)23(25)26)18(24)22-19-21-16(12-28-19)13-5-3-2-4-6-13/h2-8,11-12,20H,9-10H2,1H3,(H,21,22,24). The van der Waals surface area contributed by atoms with Crippen LogP contribution in [0.5, 0.6) is 0 Å². The highest BCUT2D eigenvalue weighted by molar-refractivity contribution is 7.14. The average molecular weight is 398 g/mol. The van der Waals surface area contributed by atoms with Crippen molar-refractivity contribution >= 4 is 33.8 Å². The maximum Gasteiger partial charge on any atom is 0.293 e. The Labute approximate surface area is 165 Å². The summed E-state index contributed by atoms with van der Waals surface area (Å²) < 4.78 is 4.92. The molecule has 2 N–H and O–H groups in total. The Morgan fingerprint density at radius 3 is 2.75 bits per heavy atom. The third-order valence-corrected chi connectivity index (χ3v) is 4.63. The van der Waals surface area contributed by atoms with Crippen LogP contribution in [0.1, 0.15) is 10.4 Å². The monoisotopic (exact) mass is 398 g/mol. The molecule has 1 aromatic heterocycles. The second kappa shape index (κ2) is 9.07. The van der Waals surface area contributed by atoms with Gasteiger partial charge in [0.2, 0.25) is 0 Å². The lowest BCUT2D eigenvalue weighted by atomic mass is 10.1. The fourth-order valence-electron chi connectivity index (χ4n) is 2.50. The van der Waals surface area contributed by atoms with E-state index >= 15 is 0 Å². The number of rotatable bonds is 8. The number of carbonyl (C=O) groups is 1. The normalized spacial score (nSPS) is 10.5. The van der Waals surface area contributed by atoms with Gasteiger partial charge in [-0.05, 0) is 12.1 Å². The van der Waals surface area contributed by atoms with Crippen molar-refractivity contribution in [2.45, 2.75) is 0 Å². The molecular formula is C19H18N4O4S. The number of anilines is 2. The summed E-state index contributed by atoms with van der Waals surface area (Å²) >= 11 is 1.29. The fourth-order valence-corrected chi connectivity index (χ4v) is 3.22. The average Bonchev–Trinajstić information content (AvgIpc) is 3.17. The third kappa shape index (κ3) is 4.70. The summed E-state index contributed by atoms with van der Waals surface area (Å²) in [4.78, 5) is 27.7. The van der Waals surface area contributed by atoms with E-state index in [1.807, 2.05) is 35.7 Å². The molecule has 0 saturated carbocycles. The van der Waals surface area contributed by atoms with Gasteiger partial charge >= 0.3 is 0 Å². The van der Waals surface area contributed by atoms with Crippen LogP contribution in [0.2, 0.25) is 0 Å². The van der Waals surface area contributed by atoms with E-state index in [0.29, 0.717) is 24.0 Å². The van der Waals surface area contributed by atoms with Gasteiger partial charge < -0.3 is 10.1 Å². The number of nitro groups is 1. The van der Waals surface area contributed by atoms with Crippen LogP contribution in [0, 0.1) is 10.1 Å². The number of ether oxygens (including phenoxy) is 1. The lowest BCUT2D eigenvalue weighted by molar-refractivity contribution is -0.384. The van der Waals surface area contributed by atoms with Gasteiger partial charge in [-0.15, -0.1) is 11.3 Å². The molecule has 9 heteroatoms. The van der Waals surface area contributed by atoms with Crippen molar-refractivity contribution in [1.82, 2.24) is 4.98 Å². The van der Waals surface area contributed by atoms with Crippen LogP contribution in [0.15, 0.2) is 53.9 Å². The molecule has 0 aliphatic heterocycles. The van der Waals surface area contributed by atoms with Crippen LogP contribution in [-0.4, -0.2) is 36.1 Å². The Hall–Kier alpha value is -3.30. The van der Waals surface area contributed by atoms with Crippen molar-refractivity contribution in [3.63, 3.8) is 0 Å². The first kappa shape index (κ1) is 19.5. The van der Waals surface area contributed by atoms with Gasteiger partial charge in [0.15, 0.2) is 5.13 Å². The van der Waals surface area contributed by atoms with Crippen molar-refractivity contribution < 1.29 is 14.5 Å². The number of nitrogens with zero attached hydrogens (tertiary/aromatic N) is 2. The summed E-state index contributed by atoms with van der Waals surface area (Å²) in [5.74, 6) is -0.458. The van der Waals surface area contributed by atoms with E-state index in [1.54, 1.807) is 7.11 Å². The van der Waals surface area contributed by atoms with Gasteiger partial charge in [0.05, 0.1) is 17.2 Å². The van der Waals surface area contributed by atoms with E-state index in [4.69, 9.17) is 4.74 Å². The quantitative estimate of drug-likeness (QED) is 0.337. The Balaban J connectivity index is 1.74. The lowest BCUT2D eigenvalue weighted by Gasteiger charge is -2.08. The molecular weight excluding hydrogens is 380 g/mol. The number of nitrogens with one attached hydrogen (secondary N) is 2. The van der Waals surface area contributed by atoms with Gasteiger partial charge in [-0.2, -0.15) is 0 Å². The molecule has 0 fully saturated rings. The number of nitro benzene ring substituents is 1. The van der Waals surface area contributed by atoms with Crippen LogP contribution in [0.3, 0.4) is 0 Å². The maximum absolute atomic E-state index is 12.5. The van der Waals surface area contributed by atoms with E-state index in [1.165, 1.54) is 29.5 Å². The molecule has 0 atom stereocenters. The van der Waals surface area contributed by atoms with Crippen molar-refractivity contribution in [3.05, 3.63) is 69.6 Å². The largest absolute Gasteiger partial charge is 0.383 e. The summed E-state index contributed by atoms with van der Waals surface area (Å²) in [5.41, 5.74) is 2.04. The second-order valence-electron chi connectivity index (χ2n) is 5.77. The molecule has 0 bridgehead atoms. The molecule has 2 aromatic carbocycles. The Kier molecular flexibility index (Phi) is 6.30. The summed E-state index contributed by atoms with van der Waals surface area (Å²) in [6, 6.07) is 13.9. The molecule has 0 aliphatic rings. The van der Waals surface area contributed by atoms with E-state index in [0.717, 1.165) is 11.3 Å². The SMILES string of the molecule is COCCNc1ccc(C(=O)Nc2nc(-c3ccccc3)cs2)cc1[N+](=O)[O-]. The van der Waals surface area contributed by atoms with Crippen molar-refractivity contribution in [1.29, 1.82) is 0 Å². The Morgan fingerprint density at radius 1 is 1.25 bits per heavy atom. The molecule has 3 rings (SSSR count). The first-order chi connectivity index (χ1) is 13.6. The first-order valence-corrected chi connectivity index (χ1v) is 9.30. The molecule has 0 radical (unpaired) electrons. The lowest BCUT2D eigenvalue weighted by Crippen LogP contribution is -2.13. The smallest absolute Gasteiger partial charge is 0.293 e. The molecule has 0 unspecified atom stereocenters. The van der Waals surface area contributed by atoms with Crippen molar-refractivity contribution in [3.8, 4) is 11.3 Å². The zero-order valence-electron chi connectivity index (χ0n) is 15.0. The molecule has 1 heterocycles. The Morgan fingerprint density at radius 2 is 2.04 bits per heavy atom. The number of hydrogen-bond acceptors (Lipinski definition) is 7. The number of thiazole rings is 1. The van der Waals surface area contributed by atoms with Crippen LogP contribution in [0.4, 0.5) is 16.5 Å². The van der Waals surface area contributed by atoms with E-state index in [-0.39, 0.29) is 11.3 Å². The highest BCUT2D eigenvalue weighted by Crippen LogP contribution is 2.27. The predicted molar refractivity (Wildman–Crippen MR) is 109 cm³/mol. The summed E-state index contributed by atoms with van der Waals surface area (Å²) in [6.45, 7) is 0.831. The Bertz CT molecular complexity index is 975. The van der Waals surface area contributed by atoms with Crippen LogP contribution >= 0.6 is 11.3 Å². The van der Waals surface area contributed by atoms with Crippen LogP contribution in [-0.2, 0) is 4.74 Å². The fraction of sp³-hybridized carbons (Fsp3) is 0.158. The molecule has 144 valence electrons. The topological polar surface area (TPSA) is 106 Å². The third-order valence-electron chi connectivity index (χ3n) is 3.87. The highest BCUT2D eigenvalue weighted by atomic mass is 32.1. The minimum Gasteiger partial charge on any atom is -0.383 e. The van der Waals surface area contributed by atoms with E-state index in [9.17, 15) is 14.9 Å². The summed E-state index contributed by atoms with van der Waals surface area (Å²) in [5, 5.41) is 19.2. The minimum absolute atomic E-state index is 0.173. The molecule has 8 nitrogen and oxygen atoms in total.